The van der Waals surface area contributed by atoms with Gasteiger partial charge in [0.1, 0.15) is 5.56 Å². The summed E-state index contributed by atoms with van der Waals surface area (Å²) in [5.74, 6) is -1.60. The minimum Gasteiger partial charge on any atom is -0.478 e. The average Bonchev–Trinajstić information content (AvgIpc) is 2.55. The number of rotatable bonds is 3. The molecule has 6 nitrogen and oxygen atoms in total. The Bertz CT molecular complexity index is 883. The maximum atomic E-state index is 12.4. The highest BCUT2D eigenvalue weighted by Crippen LogP contribution is 2.20. The van der Waals surface area contributed by atoms with Crippen molar-refractivity contribution in [2.24, 2.45) is 0 Å². The minimum absolute atomic E-state index is 0.0492. The Morgan fingerprint density at radius 2 is 1.88 bits per heavy atom. The fraction of sp³-hybridized carbons (Fsp3) is 0.278. The van der Waals surface area contributed by atoms with Crippen LogP contribution in [0.3, 0.4) is 0 Å². The monoisotopic (exact) mass is 326 g/mol. The maximum absolute atomic E-state index is 12.4. The van der Waals surface area contributed by atoms with Gasteiger partial charge in [0, 0.05) is 11.4 Å². The highest BCUT2D eigenvalue weighted by Gasteiger charge is 2.18. The normalized spacial score (nSPS) is 13.2. The SMILES string of the molecule is Cc1ccc(NC(=O)c2cc3c([nH]c2=O)CCCC3)cc1C(=O)O. The second-order valence-corrected chi connectivity index (χ2v) is 6.01. The number of carboxylic acids is 1. The molecule has 0 aliphatic heterocycles. The zero-order chi connectivity index (χ0) is 17.3. The molecule has 2 aromatic rings. The highest BCUT2D eigenvalue weighted by atomic mass is 16.4. The molecule has 1 aliphatic carbocycles. The van der Waals surface area contributed by atoms with Crippen LogP contribution in [0.25, 0.3) is 0 Å². The summed E-state index contributed by atoms with van der Waals surface area (Å²) in [6, 6.07) is 6.28. The molecule has 0 fully saturated rings. The molecule has 0 unspecified atom stereocenters. The van der Waals surface area contributed by atoms with E-state index in [1.165, 1.54) is 6.07 Å². The number of carboxylic acid groups (broad SMARTS) is 1. The van der Waals surface area contributed by atoms with Crippen LogP contribution in [0.1, 0.15) is 50.4 Å². The Morgan fingerprint density at radius 1 is 1.12 bits per heavy atom. The molecule has 24 heavy (non-hydrogen) atoms. The summed E-state index contributed by atoms with van der Waals surface area (Å²) < 4.78 is 0. The molecule has 0 saturated carbocycles. The molecular formula is C18H18N2O4. The van der Waals surface area contributed by atoms with Gasteiger partial charge in [-0.2, -0.15) is 0 Å². The number of aryl methyl sites for hydroxylation is 3. The number of H-pyrrole nitrogens is 1. The molecule has 0 saturated heterocycles. The molecule has 1 aromatic heterocycles. The number of benzene rings is 1. The smallest absolute Gasteiger partial charge is 0.336 e. The molecule has 1 aliphatic rings. The molecule has 1 aromatic carbocycles. The Kier molecular flexibility index (Phi) is 4.20. The topological polar surface area (TPSA) is 99.3 Å². The highest BCUT2D eigenvalue weighted by molar-refractivity contribution is 6.04. The second kappa shape index (κ2) is 6.31. The van der Waals surface area contributed by atoms with Crippen LogP contribution < -0.4 is 10.9 Å². The first-order chi connectivity index (χ1) is 11.5. The van der Waals surface area contributed by atoms with Crippen molar-refractivity contribution in [3.05, 3.63) is 62.6 Å². The molecule has 124 valence electrons. The summed E-state index contributed by atoms with van der Waals surface area (Å²) in [7, 11) is 0. The first kappa shape index (κ1) is 16.0. The van der Waals surface area contributed by atoms with Gasteiger partial charge >= 0.3 is 5.97 Å². The Labute approximate surface area is 138 Å². The van der Waals surface area contributed by atoms with Gasteiger partial charge in [0.25, 0.3) is 11.5 Å². The van der Waals surface area contributed by atoms with Gasteiger partial charge in [-0.05, 0) is 61.9 Å². The van der Waals surface area contributed by atoms with Crippen LogP contribution in [-0.4, -0.2) is 22.0 Å². The molecule has 1 amide bonds. The Balaban J connectivity index is 1.89. The van der Waals surface area contributed by atoms with Gasteiger partial charge in [-0.1, -0.05) is 6.07 Å². The third kappa shape index (κ3) is 3.08. The Morgan fingerprint density at radius 3 is 2.62 bits per heavy atom. The van der Waals surface area contributed by atoms with Crippen LogP contribution in [-0.2, 0) is 12.8 Å². The minimum atomic E-state index is -1.06. The number of carbonyl (C=O) groups is 2. The van der Waals surface area contributed by atoms with Gasteiger partial charge in [-0.15, -0.1) is 0 Å². The van der Waals surface area contributed by atoms with Crippen LogP contribution in [0.5, 0.6) is 0 Å². The number of amides is 1. The largest absolute Gasteiger partial charge is 0.478 e. The van der Waals surface area contributed by atoms with Gasteiger partial charge < -0.3 is 15.4 Å². The van der Waals surface area contributed by atoms with Gasteiger partial charge in [-0.3, -0.25) is 9.59 Å². The lowest BCUT2D eigenvalue weighted by Gasteiger charge is -2.16. The van der Waals surface area contributed by atoms with Crippen molar-refractivity contribution in [1.82, 2.24) is 4.98 Å². The molecule has 0 bridgehead atoms. The number of aromatic nitrogens is 1. The lowest BCUT2D eigenvalue weighted by molar-refractivity contribution is 0.0695. The summed E-state index contributed by atoms with van der Waals surface area (Å²) in [5.41, 5.74) is 2.61. The number of hydrogen-bond donors (Lipinski definition) is 3. The van der Waals surface area contributed by atoms with Crippen LogP contribution in [0.2, 0.25) is 0 Å². The number of pyridine rings is 1. The number of fused-ring (bicyclic) bond motifs is 1. The van der Waals surface area contributed by atoms with Crippen molar-refractivity contribution in [3.63, 3.8) is 0 Å². The van der Waals surface area contributed by atoms with Gasteiger partial charge in [0.2, 0.25) is 0 Å². The number of hydrogen-bond acceptors (Lipinski definition) is 3. The van der Waals surface area contributed by atoms with E-state index in [-0.39, 0.29) is 11.1 Å². The van der Waals surface area contributed by atoms with E-state index in [1.54, 1.807) is 25.1 Å². The van der Waals surface area contributed by atoms with Crippen molar-refractivity contribution < 1.29 is 14.7 Å². The maximum Gasteiger partial charge on any atom is 0.336 e. The van der Waals surface area contributed by atoms with E-state index in [0.29, 0.717) is 11.3 Å². The summed E-state index contributed by atoms with van der Waals surface area (Å²) in [6.45, 7) is 1.68. The molecular weight excluding hydrogens is 308 g/mol. The van der Waals surface area contributed by atoms with E-state index in [1.807, 2.05) is 0 Å². The van der Waals surface area contributed by atoms with Crippen molar-refractivity contribution in [2.45, 2.75) is 32.6 Å². The van der Waals surface area contributed by atoms with E-state index in [2.05, 4.69) is 10.3 Å². The van der Waals surface area contributed by atoms with Gasteiger partial charge in [-0.25, -0.2) is 4.79 Å². The quantitative estimate of drug-likeness (QED) is 0.807. The molecule has 3 rings (SSSR count). The third-order valence-electron chi connectivity index (χ3n) is 4.31. The molecule has 6 heteroatoms. The van der Waals surface area contributed by atoms with Crippen LogP contribution >= 0.6 is 0 Å². The second-order valence-electron chi connectivity index (χ2n) is 6.01. The molecule has 3 N–H and O–H groups in total. The number of aromatic carboxylic acids is 1. The molecule has 0 spiro atoms. The first-order valence-electron chi connectivity index (χ1n) is 7.86. The predicted octanol–water partition coefficient (Wildman–Crippen LogP) is 2.51. The van der Waals surface area contributed by atoms with E-state index in [0.717, 1.165) is 36.9 Å². The summed E-state index contributed by atoms with van der Waals surface area (Å²) in [6.07, 6.45) is 3.75. The summed E-state index contributed by atoms with van der Waals surface area (Å²) >= 11 is 0. The van der Waals surface area contributed by atoms with Gasteiger partial charge in [0.15, 0.2) is 0 Å². The first-order valence-corrected chi connectivity index (χ1v) is 7.86. The summed E-state index contributed by atoms with van der Waals surface area (Å²) in [5, 5.41) is 11.8. The van der Waals surface area contributed by atoms with E-state index in [4.69, 9.17) is 5.11 Å². The van der Waals surface area contributed by atoms with Gasteiger partial charge in [0.05, 0.1) is 5.56 Å². The number of anilines is 1. The van der Waals surface area contributed by atoms with Crippen LogP contribution in [0, 0.1) is 6.92 Å². The summed E-state index contributed by atoms with van der Waals surface area (Å²) in [4.78, 5) is 38.5. The fourth-order valence-electron chi connectivity index (χ4n) is 2.97. The lowest BCUT2D eigenvalue weighted by atomic mass is 9.95. The number of nitrogens with one attached hydrogen (secondary N) is 2. The van der Waals surface area contributed by atoms with E-state index < -0.39 is 17.4 Å². The zero-order valence-electron chi connectivity index (χ0n) is 13.3. The lowest BCUT2D eigenvalue weighted by Crippen LogP contribution is -2.26. The predicted molar refractivity (Wildman–Crippen MR) is 89.8 cm³/mol. The van der Waals surface area contributed by atoms with Crippen molar-refractivity contribution >= 4 is 17.6 Å². The van der Waals surface area contributed by atoms with E-state index in [9.17, 15) is 14.4 Å². The fourth-order valence-corrected chi connectivity index (χ4v) is 2.97. The number of carbonyl (C=O) groups excluding carboxylic acids is 1. The molecule has 0 radical (unpaired) electrons. The van der Waals surface area contributed by atoms with Crippen molar-refractivity contribution in [1.29, 1.82) is 0 Å². The number of aromatic amines is 1. The van der Waals surface area contributed by atoms with Crippen molar-refractivity contribution in [2.75, 3.05) is 5.32 Å². The van der Waals surface area contributed by atoms with Crippen molar-refractivity contribution in [3.8, 4) is 0 Å². The molecule has 1 heterocycles. The average molecular weight is 326 g/mol. The molecule has 0 atom stereocenters. The third-order valence-corrected chi connectivity index (χ3v) is 4.31. The van der Waals surface area contributed by atoms with Crippen LogP contribution in [0.15, 0.2) is 29.1 Å². The van der Waals surface area contributed by atoms with Crippen LogP contribution in [0.4, 0.5) is 5.69 Å². The zero-order valence-corrected chi connectivity index (χ0v) is 13.3. The Hall–Kier alpha value is -2.89. The standard InChI is InChI=1S/C18H18N2O4/c1-10-6-7-12(9-13(10)18(23)24)19-16(21)14-8-11-4-2-3-5-15(11)20-17(14)22/h6-9H,2-5H2,1H3,(H,19,21)(H,20,22)(H,23,24). The van der Waals surface area contributed by atoms with E-state index >= 15 is 0 Å².